The van der Waals surface area contributed by atoms with Crippen molar-refractivity contribution in [1.29, 1.82) is 5.26 Å². The van der Waals surface area contributed by atoms with E-state index in [1.165, 1.54) is 0 Å². The van der Waals surface area contributed by atoms with Crippen LogP contribution in [0.3, 0.4) is 0 Å². The second kappa shape index (κ2) is 4.39. The molecule has 88 valence electrons. The molecule has 0 bridgehead atoms. The fourth-order valence-corrected chi connectivity index (χ4v) is 1.54. The van der Waals surface area contributed by atoms with Crippen molar-refractivity contribution in [3.05, 3.63) is 23.7 Å². The van der Waals surface area contributed by atoms with Crippen molar-refractivity contribution >= 4 is 0 Å². The van der Waals surface area contributed by atoms with Gasteiger partial charge in [0.1, 0.15) is 11.8 Å². The average molecular weight is 231 g/mol. The van der Waals surface area contributed by atoms with E-state index in [2.05, 4.69) is 16.2 Å². The van der Waals surface area contributed by atoms with Gasteiger partial charge in [-0.15, -0.1) is 0 Å². The highest BCUT2D eigenvalue weighted by Crippen LogP contribution is 2.19. The molecule has 0 fully saturated rings. The lowest BCUT2D eigenvalue weighted by atomic mass is 10.3. The number of rotatable bonds is 3. The van der Waals surface area contributed by atoms with E-state index in [1.54, 1.807) is 16.8 Å². The van der Waals surface area contributed by atoms with E-state index in [0.717, 1.165) is 5.69 Å². The molecule has 0 atom stereocenters. The highest BCUT2D eigenvalue weighted by atomic mass is 16.5. The third kappa shape index (κ3) is 2.34. The minimum atomic E-state index is 0.436. The maximum atomic E-state index is 8.81. The predicted octanol–water partition coefficient (Wildman–Crippen LogP) is 1.01. The summed E-state index contributed by atoms with van der Waals surface area (Å²) in [5.74, 6) is 1.07. The summed E-state index contributed by atoms with van der Waals surface area (Å²) < 4.78 is 6.97. The van der Waals surface area contributed by atoms with Crippen molar-refractivity contribution in [2.75, 3.05) is 14.1 Å². The second-order valence-electron chi connectivity index (χ2n) is 4.09. The van der Waals surface area contributed by atoms with E-state index in [-0.39, 0.29) is 0 Å². The smallest absolute Gasteiger partial charge is 0.274 e. The van der Waals surface area contributed by atoms with Crippen LogP contribution in [-0.4, -0.2) is 33.7 Å². The Bertz CT molecular complexity index is 561. The van der Waals surface area contributed by atoms with Crippen molar-refractivity contribution in [1.82, 2.24) is 19.6 Å². The van der Waals surface area contributed by atoms with Crippen molar-refractivity contribution in [2.45, 2.75) is 6.54 Å². The van der Waals surface area contributed by atoms with Crippen LogP contribution in [0.4, 0.5) is 0 Å². The zero-order chi connectivity index (χ0) is 12.4. The summed E-state index contributed by atoms with van der Waals surface area (Å²) in [4.78, 5) is 6.24. The molecule has 0 radical (unpaired) electrons. The lowest BCUT2D eigenvalue weighted by Gasteiger charge is -2.03. The molecule has 6 nitrogen and oxygen atoms in total. The summed E-state index contributed by atoms with van der Waals surface area (Å²) in [7, 11) is 5.71. The molecule has 0 aromatic carbocycles. The molecule has 0 saturated heterocycles. The van der Waals surface area contributed by atoms with Crippen LogP contribution in [0.5, 0.6) is 0 Å². The van der Waals surface area contributed by atoms with Crippen LogP contribution >= 0.6 is 0 Å². The first-order chi connectivity index (χ1) is 8.10. The molecule has 2 rings (SSSR count). The molecule has 2 aromatic heterocycles. The zero-order valence-corrected chi connectivity index (χ0v) is 10.0. The van der Waals surface area contributed by atoms with E-state index in [4.69, 9.17) is 9.78 Å². The Balaban J connectivity index is 2.30. The molecule has 0 aliphatic carbocycles. The second-order valence-corrected chi connectivity index (χ2v) is 4.09. The Morgan fingerprint density at radius 1 is 1.53 bits per heavy atom. The van der Waals surface area contributed by atoms with Gasteiger partial charge < -0.3 is 14.0 Å². The first-order valence-corrected chi connectivity index (χ1v) is 5.14. The average Bonchev–Trinajstić information content (AvgIpc) is 2.83. The Morgan fingerprint density at radius 2 is 2.29 bits per heavy atom. The molecule has 2 heterocycles. The lowest BCUT2D eigenvalue weighted by molar-refractivity contribution is 0.365. The van der Waals surface area contributed by atoms with Crippen molar-refractivity contribution < 1.29 is 4.52 Å². The van der Waals surface area contributed by atoms with E-state index in [1.807, 2.05) is 26.0 Å². The van der Waals surface area contributed by atoms with Crippen LogP contribution in [0.25, 0.3) is 11.6 Å². The normalized spacial score (nSPS) is 10.8. The number of hydrogen-bond donors (Lipinski definition) is 0. The number of aryl methyl sites for hydroxylation is 1. The van der Waals surface area contributed by atoms with Gasteiger partial charge in [0, 0.05) is 13.2 Å². The molecule has 0 aliphatic rings. The molecule has 0 N–H and O–H groups in total. The van der Waals surface area contributed by atoms with Gasteiger partial charge in [-0.05, 0) is 20.2 Å². The molecular weight excluding hydrogens is 218 g/mol. The highest BCUT2D eigenvalue weighted by Gasteiger charge is 2.13. The summed E-state index contributed by atoms with van der Waals surface area (Å²) in [5, 5.41) is 12.7. The molecule has 0 unspecified atom stereocenters. The number of hydrogen-bond acceptors (Lipinski definition) is 5. The fourth-order valence-electron chi connectivity index (χ4n) is 1.54. The quantitative estimate of drug-likeness (QED) is 0.788. The first-order valence-electron chi connectivity index (χ1n) is 5.14. The lowest BCUT2D eigenvalue weighted by Crippen LogP contribution is -2.11. The Morgan fingerprint density at radius 3 is 2.88 bits per heavy atom. The van der Waals surface area contributed by atoms with Crippen molar-refractivity contribution in [2.24, 2.45) is 7.05 Å². The van der Waals surface area contributed by atoms with E-state index < -0.39 is 0 Å². The van der Waals surface area contributed by atoms with Crippen LogP contribution in [0.15, 0.2) is 16.8 Å². The van der Waals surface area contributed by atoms with Gasteiger partial charge in [-0.3, -0.25) is 0 Å². The summed E-state index contributed by atoms with van der Waals surface area (Å²) in [6.45, 7) is 0.624. The van der Waals surface area contributed by atoms with Gasteiger partial charge in [-0.25, -0.2) is 0 Å². The largest absolute Gasteiger partial charge is 0.345 e. The summed E-state index contributed by atoms with van der Waals surface area (Å²) in [6.07, 6.45) is 1.73. The van der Waals surface area contributed by atoms with Gasteiger partial charge in [-0.1, -0.05) is 5.16 Å². The monoisotopic (exact) mass is 231 g/mol. The van der Waals surface area contributed by atoms with Gasteiger partial charge in [0.25, 0.3) is 5.89 Å². The number of nitrogens with zero attached hydrogens (tertiary/aromatic N) is 5. The molecular formula is C11H13N5O. The van der Waals surface area contributed by atoms with Crippen molar-refractivity contribution in [3.63, 3.8) is 0 Å². The summed E-state index contributed by atoms with van der Waals surface area (Å²) in [5.41, 5.74) is 1.33. The van der Waals surface area contributed by atoms with Crippen molar-refractivity contribution in [3.8, 4) is 17.7 Å². The van der Waals surface area contributed by atoms with E-state index >= 15 is 0 Å². The highest BCUT2D eigenvalue weighted by molar-refractivity contribution is 5.52. The van der Waals surface area contributed by atoms with Crippen LogP contribution in [-0.2, 0) is 13.6 Å². The van der Waals surface area contributed by atoms with Gasteiger partial charge in [0.2, 0.25) is 0 Å². The molecule has 6 heteroatoms. The molecule has 2 aromatic rings. The summed E-state index contributed by atoms with van der Waals surface area (Å²) in [6, 6.07) is 3.81. The molecule has 0 saturated carbocycles. The Hall–Kier alpha value is -2.13. The van der Waals surface area contributed by atoms with Gasteiger partial charge >= 0.3 is 0 Å². The van der Waals surface area contributed by atoms with E-state index in [0.29, 0.717) is 23.8 Å². The maximum absolute atomic E-state index is 8.81. The van der Waals surface area contributed by atoms with E-state index in [9.17, 15) is 0 Å². The molecule has 0 aliphatic heterocycles. The molecule has 0 amide bonds. The molecule has 17 heavy (non-hydrogen) atoms. The minimum Gasteiger partial charge on any atom is -0.345 e. The van der Waals surface area contributed by atoms with Gasteiger partial charge in [-0.2, -0.15) is 10.2 Å². The van der Waals surface area contributed by atoms with Gasteiger partial charge in [0.15, 0.2) is 5.82 Å². The maximum Gasteiger partial charge on any atom is 0.274 e. The zero-order valence-electron chi connectivity index (χ0n) is 10.0. The Labute approximate surface area is 99.1 Å². The third-order valence-electron chi connectivity index (χ3n) is 2.28. The van der Waals surface area contributed by atoms with Crippen LogP contribution < -0.4 is 0 Å². The SMILES string of the molecule is CN(C)Cc1noc(-c2cc(C#N)cn2C)n1. The fraction of sp³-hybridized carbons (Fsp3) is 0.364. The van der Waals surface area contributed by atoms with Gasteiger partial charge in [0.05, 0.1) is 12.1 Å². The molecule has 0 spiro atoms. The topological polar surface area (TPSA) is 70.9 Å². The van der Waals surface area contributed by atoms with Crippen LogP contribution in [0.1, 0.15) is 11.4 Å². The number of nitriles is 1. The summed E-state index contributed by atoms with van der Waals surface area (Å²) >= 11 is 0. The third-order valence-corrected chi connectivity index (χ3v) is 2.28. The van der Waals surface area contributed by atoms with Crippen LogP contribution in [0.2, 0.25) is 0 Å². The predicted molar refractivity (Wildman–Crippen MR) is 60.8 cm³/mol. The van der Waals surface area contributed by atoms with Crippen LogP contribution in [0, 0.1) is 11.3 Å². The minimum absolute atomic E-state index is 0.436. The standard InChI is InChI=1S/C11H13N5O/c1-15(2)7-10-13-11(17-14-10)9-4-8(5-12)6-16(9)3/h4,6H,7H2,1-3H3. The number of aromatic nitrogens is 3. The first kappa shape index (κ1) is 11.4. The Kier molecular flexibility index (Phi) is 2.93.